The predicted molar refractivity (Wildman–Crippen MR) is 104 cm³/mol. The molecular formula is C19H23N3O7. The zero-order valence-electron chi connectivity index (χ0n) is 15.9. The van der Waals surface area contributed by atoms with Gasteiger partial charge in [0.1, 0.15) is 17.4 Å². The van der Waals surface area contributed by atoms with Crippen LogP contribution in [0.5, 0.6) is 5.75 Å². The molecule has 0 fully saturated rings. The van der Waals surface area contributed by atoms with Crippen molar-refractivity contribution < 1.29 is 29.0 Å². The van der Waals surface area contributed by atoms with Gasteiger partial charge in [-0.2, -0.15) is 0 Å². The van der Waals surface area contributed by atoms with E-state index in [4.69, 9.17) is 10.2 Å². The molecule has 0 unspecified atom stereocenters. The van der Waals surface area contributed by atoms with Gasteiger partial charge in [0.05, 0.1) is 0 Å². The molecule has 156 valence electrons. The minimum atomic E-state index is -1.20. The van der Waals surface area contributed by atoms with Crippen LogP contribution in [0, 0.1) is 6.92 Å². The van der Waals surface area contributed by atoms with E-state index in [-0.39, 0.29) is 37.1 Å². The summed E-state index contributed by atoms with van der Waals surface area (Å²) in [5.41, 5.74) is 5.52. The van der Waals surface area contributed by atoms with Gasteiger partial charge in [-0.05, 0) is 43.9 Å². The van der Waals surface area contributed by atoms with Crippen LogP contribution in [0.4, 0.5) is 4.79 Å². The number of hydrogen-bond donors (Lipinski definition) is 5. The lowest BCUT2D eigenvalue weighted by atomic mass is 10.0. The van der Waals surface area contributed by atoms with Crippen LogP contribution >= 0.6 is 0 Å². The lowest BCUT2D eigenvalue weighted by molar-refractivity contribution is -0.142. The number of nitrogens with two attached hydrogens (primary N) is 1. The van der Waals surface area contributed by atoms with Gasteiger partial charge in [0.15, 0.2) is 0 Å². The molecule has 0 radical (unpaired) electrons. The van der Waals surface area contributed by atoms with E-state index in [1.165, 1.54) is 12.1 Å². The topological polar surface area (TPSA) is 172 Å². The van der Waals surface area contributed by atoms with Crippen molar-refractivity contribution in [2.75, 3.05) is 6.54 Å². The third kappa shape index (κ3) is 5.96. The van der Waals surface area contributed by atoms with Gasteiger partial charge in [0, 0.05) is 30.0 Å². The molecule has 2 aromatic rings. The highest BCUT2D eigenvalue weighted by Crippen LogP contribution is 2.23. The number of urea groups is 1. The van der Waals surface area contributed by atoms with E-state index in [1.54, 1.807) is 13.0 Å². The third-order valence-electron chi connectivity index (χ3n) is 4.48. The highest BCUT2D eigenvalue weighted by molar-refractivity contribution is 5.84. The van der Waals surface area contributed by atoms with Crippen molar-refractivity contribution in [1.82, 2.24) is 10.6 Å². The second-order valence-electron chi connectivity index (χ2n) is 6.57. The number of hydrogen-bond acceptors (Lipinski definition) is 6. The molecule has 0 aliphatic carbocycles. The summed E-state index contributed by atoms with van der Waals surface area (Å²) in [6.07, 6.45) is 0.410. The fraction of sp³-hybridized carbons (Fsp3) is 0.368. The van der Waals surface area contributed by atoms with Crippen molar-refractivity contribution in [2.45, 2.75) is 38.6 Å². The average molecular weight is 405 g/mol. The Bertz CT molecular complexity index is 984. The maximum Gasteiger partial charge on any atom is 0.339 e. The highest BCUT2D eigenvalue weighted by atomic mass is 16.4. The number of carboxylic acid groups (broad SMARTS) is 1. The summed E-state index contributed by atoms with van der Waals surface area (Å²) in [5, 5.41) is 24.1. The molecule has 0 bridgehead atoms. The number of phenols is 1. The normalized spacial score (nSPS) is 11.8. The SMILES string of the molecule is Cc1c(CCC(=O)N[C@H](CCCNC(N)=O)C(=O)O)c(=O)oc2cc(O)ccc12. The average Bonchev–Trinajstić information content (AvgIpc) is 2.63. The lowest BCUT2D eigenvalue weighted by Gasteiger charge is -2.15. The minimum absolute atomic E-state index is 0.0297. The first-order valence-electron chi connectivity index (χ1n) is 8.99. The van der Waals surface area contributed by atoms with Crippen LogP contribution in [0.2, 0.25) is 0 Å². The van der Waals surface area contributed by atoms with E-state index in [1.807, 2.05) is 0 Å². The molecule has 10 nitrogen and oxygen atoms in total. The van der Waals surface area contributed by atoms with Gasteiger partial charge in [-0.25, -0.2) is 14.4 Å². The number of aromatic hydroxyl groups is 1. The molecule has 1 aromatic carbocycles. The maximum atomic E-state index is 12.2. The molecule has 1 aromatic heterocycles. The van der Waals surface area contributed by atoms with Crippen LogP contribution in [-0.2, 0) is 16.0 Å². The predicted octanol–water partition coefficient (Wildman–Crippen LogP) is 0.758. The summed E-state index contributed by atoms with van der Waals surface area (Å²) in [6.45, 7) is 1.91. The molecule has 0 aliphatic heterocycles. The van der Waals surface area contributed by atoms with Crippen molar-refractivity contribution in [1.29, 1.82) is 0 Å². The van der Waals surface area contributed by atoms with Crippen molar-refractivity contribution in [2.24, 2.45) is 5.73 Å². The van der Waals surface area contributed by atoms with Crippen molar-refractivity contribution in [3.8, 4) is 5.75 Å². The maximum absolute atomic E-state index is 12.2. The number of rotatable bonds is 9. The van der Waals surface area contributed by atoms with Crippen molar-refractivity contribution in [3.63, 3.8) is 0 Å². The standard InChI is InChI=1S/C19H23N3O7/c1-10-12-5-4-11(23)9-15(12)29-18(27)13(10)6-7-16(24)22-14(17(25)26)3-2-8-21-19(20)28/h4-5,9,14,23H,2-3,6-8H2,1H3,(H,22,24)(H,25,26)(H3,20,21,28)/t14-/m1/s1. The van der Waals surface area contributed by atoms with E-state index in [0.717, 1.165) is 0 Å². The summed E-state index contributed by atoms with van der Waals surface area (Å²) in [6, 6.07) is 2.60. The summed E-state index contributed by atoms with van der Waals surface area (Å²) in [7, 11) is 0. The van der Waals surface area contributed by atoms with E-state index in [9.17, 15) is 29.4 Å². The number of benzene rings is 1. The molecule has 0 spiro atoms. The Hall–Kier alpha value is -3.56. The number of carbonyl (C=O) groups excluding carboxylic acids is 2. The molecule has 0 saturated heterocycles. The largest absolute Gasteiger partial charge is 0.508 e. The third-order valence-corrected chi connectivity index (χ3v) is 4.48. The number of carbonyl (C=O) groups is 3. The van der Waals surface area contributed by atoms with Crippen LogP contribution in [0.25, 0.3) is 11.0 Å². The summed E-state index contributed by atoms with van der Waals surface area (Å²) in [4.78, 5) is 46.3. The fourth-order valence-electron chi connectivity index (χ4n) is 2.95. The van der Waals surface area contributed by atoms with Crippen molar-refractivity contribution >= 4 is 28.9 Å². The number of aliphatic carboxylic acids is 1. The molecule has 1 atom stereocenters. The first-order chi connectivity index (χ1) is 13.7. The van der Waals surface area contributed by atoms with Crippen LogP contribution in [0.1, 0.15) is 30.4 Å². The van der Waals surface area contributed by atoms with E-state index in [2.05, 4.69) is 10.6 Å². The molecule has 3 amide bonds. The molecule has 1 heterocycles. The van der Waals surface area contributed by atoms with Gasteiger partial charge < -0.3 is 31.0 Å². The Morgan fingerprint density at radius 3 is 2.66 bits per heavy atom. The van der Waals surface area contributed by atoms with Crippen LogP contribution in [0.15, 0.2) is 27.4 Å². The summed E-state index contributed by atoms with van der Waals surface area (Å²) >= 11 is 0. The number of primary amides is 1. The van der Waals surface area contributed by atoms with Gasteiger partial charge in [-0.1, -0.05) is 0 Å². The van der Waals surface area contributed by atoms with Gasteiger partial charge in [-0.15, -0.1) is 0 Å². The van der Waals surface area contributed by atoms with Gasteiger partial charge in [0.2, 0.25) is 5.91 Å². The minimum Gasteiger partial charge on any atom is -0.508 e. The van der Waals surface area contributed by atoms with Crippen LogP contribution in [0.3, 0.4) is 0 Å². The Morgan fingerprint density at radius 1 is 1.28 bits per heavy atom. The summed E-state index contributed by atoms with van der Waals surface area (Å²) < 4.78 is 5.20. The Labute approximate surface area is 165 Å². The molecule has 0 aliphatic rings. The van der Waals surface area contributed by atoms with E-state index in [0.29, 0.717) is 22.9 Å². The van der Waals surface area contributed by atoms with Gasteiger partial charge in [-0.3, -0.25) is 4.79 Å². The molecule has 2 rings (SSSR count). The summed E-state index contributed by atoms with van der Waals surface area (Å²) in [5.74, 6) is -1.75. The number of phenolic OH excluding ortho intramolecular Hbond substituents is 1. The lowest BCUT2D eigenvalue weighted by Crippen LogP contribution is -2.41. The number of carboxylic acids is 1. The Morgan fingerprint density at radius 2 is 2.00 bits per heavy atom. The quantitative estimate of drug-likeness (QED) is 0.302. The van der Waals surface area contributed by atoms with Crippen LogP contribution in [-0.4, -0.2) is 40.7 Å². The fourth-order valence-corrected chi connectivity index (χ4v) is 2.95. The van der Waals surface area contributed by atoms with Crippen molar-refractivity contribution in [3.05, 3.63) is 39.7 Å². The number of fused-ring (bicyclic) bond motifs is 1. The Balaban J connectivity index is 2.00. The first-order valence-corrected chi connectivity index (χ1v) is 8.99. The van der Waals surface area contributed by atoms with Gasteiger partial charge in [0.25, 0.3) is 0 Å². The van der Waals surface area contributed by atoms with E-state index >= 15 is 0 Å². The smallest absolute Gasteiger partial charge is 0.339 e. The van der Waals surface area contributed by atoms with Crippen LogP contribution < -0.4 is 22.0 Å². The molecule has 29 heavy (non-hydrogen) atoms. The monoisotopic (exact) mass is 405 g/mol. The Kier molecular flexibility index (Phi) is 7.18. The van der Waals surface area contributed by atoms with E-state index < -0.39 is 29.6 Å². The zero-order valence-corrected chi connectivity index (χ0v) is 15.9. The molecular weight excluding hydrogens is 382 g/mol. The zero-order chi connectivity index (χ0) is 21.6. The molecule has 6 N–H and O–H groups in total. The highest BCUT2D eigenvalue weighted by Gasteiger charge is 2.20. The second kappa shape index (κ2) is 9.58. The second-order valence-corrected chi connectivity index (χ2v) is 6.57. The van der Waals surface area contributed by atoms with Gasteiger partial charge >= 0.3 is 17.6 Å². The first kappa shape index (κ1) is 21.7. The number of amides is 3. The molecule has 0 saturated carbocycles. The molecule has 10 heteroatoms. The number of aryl methyl sites for hydroxylation is 1. The number of nitrogens with one attached hydrogen (secondary N) is 2.